The Labute approximate surface area is 129 Å². The van der Waals surface area contributed by atoms with Crippen molar-refractivity contribution in [3.63, 3.8) is 0 Å². The summed E-state index contributed by atoms with van der Waals surface area (Å²) in [5.74, 6) is -1.03. The van der Waals surface area contributed by atoms with E-state index in [1.807, 2.05) is 0 Å². The molecule has 1 aromatic rings. The van der Waals surface area contributed by atoms with E-state index >= 15 is 0 Å². The minimum absolute atomic E-state index is 0.0574. The number of benzene rings is 1. The van der Waals surface area contributed by atoms with Crippen molar-refractivity contribution in [1.82, 2.24) is 9.80 Å². The average molecular weight is 312 g/mol. The molecule has 1 atom stereocenters. The van der Waals surface area contributed by atoms with Crippen LogP contribution in [-0.2, 0) is 4.79 Å². The van der Waals surface area contributed by atoms with Gasteiger partial charge in [0.05, 0.1) is 12.6 Å². The predicted molar refractivity (Wildman–Crippen MR) is 79.2 cm³/mol. The van der Waals surface area contributed by atoms with Gasteiger partial charge in [0.25, 0.3) is 0 Å². The second-order valence-corrected chi connectivity index (χ2v) is 5.87. The van der Waals surface area contributed by atoms with Crippen molar-refractivity contribution >= 4 is 5.91 Å². The van der Waals surface area contributed by atoms with Gasteiger partial charge in [-0.25, -0.2) is 8.78 Å². The molecular formula is C16H22F2N2O2. The van der Waals surface area contributed by atoms with Gasteiger partial charge in [0.2, 0.25) is 5.91 Å². The Hall–Kier alpha value is -1.53. The average Bonchev–Trinajstić information content (AvgIpc) is 2.49. The quantitative estimate of drug-likeness (QED) is 0.924. The van der Waals surface area contributed by atoms with Crippen molar-refractivity contribution in [3.05, 3.63) is 35.4 Å². The lowest BCUT2D eigenvalue weighted by Gasteiger charge is -2.32. The molecule has 4 nitrogen and oxygen atoms in total. The van der Waals surface area contributed by atoms with Gasteiger partial charge < -0.3 is 10.0 Å². The molecule has 0 radical (unpaired) electrons. The Kier molecular flexibility index (Phi) is 5.47. The van der Waals surface area contributed by atoms with Crippen LogP contribution in [0.4, 0.5) is 8.78 Å². The van der Waals surface area contributed by atoms with Gasteiger partial charge >= 0.3 is 0 Å². The molecule has 0 spiro atoms. The molecule has 1 aliphatic heterocycles. The van der Waals surface area contributed by atoms with Gasteiger partial charge in [-0.15, -0.1) is 0 Å². The van der Waals surface area contributed by atoms with Gasteiger partial charge in [0.1, 0.15) is 11.6 Å². The Morgan fingerprint density at radius 3 is 2.68 bits per heavy atom. The number of aliphatic hydroxyl groups is 1. The summed E-state index contributed by atoms with van der Waals surface area (Å²) < 4.78 is 27.1. The highest BCUT2D eigenvalue weighted by Crippen LogP contribution is 2.23. The summed E-state index contributed by atoms with van der Waals surface area (Å²) >= 11 is 0. The molecule has 0 saturated carbocycles. The van der Waals surface area contributed by atoms with Crippen LogP contribution in [0, 0.1) is 11.6 Å². The number of likely N-dealkylation sites (tertiary alicyclic amines) is 1. The summed E-state index contributed by atoms with van der Waals surface area (Å²) in [6, 6.07) is 2.94. The molecule has 6 heteroatoms. The van der Waals surface area contributed by atoms with E-state index in [0.29, 0.717) is 25.9 Å². The summed E-state index contributed by atoms with van der Waals surface area (Å²) in [7, 11) is 1.71. The van der Waals surface area contributed by atoms with E-state index in [9.17, 15) is 18.7 Å². The minimum Gasteiger partial charge on any atom is -0.393 e. The second-order valence-electron chi connectivity index (χ2n) is 5.87. The zero-order valence-electron chi connectivity index (χ0n) is 12.9. The van der Waals surface area contributed by atoms with Gasteiger partial charge in [-0.1, -0.05) is 0 Å². The first-order chi connectivity index (χ1) is 10.4. The number of aliphatic hydroxyl groups excluding tert-OH is 1. The lowest BCUT2D eigenvalue weighted by Crippen LogP contribution is -2.44. The highest BCUT2D eigenvalue weighted by atomic mass is 19.1. The van der Waals surface area contributed by atoms with E-state index in [4.69, 9.17) is 0 Å². The Bertz CT molecular complexity index is 531. The smallest absolute Gasteiger partial charge is 0.236 e. The number of carbonyl (C=O) groups excluding carboxylic acids is 1. The molecule has 1 N–H and O–H groups in total. The molecule has 0 bridgehead atoms. The van der Waals surface area contributed by atoms with Crippen LogP contribution in [0.25, 0.3) is 0 Å². The molecule has 1 fully saturated rings. The molecule has 1 amide bonds. The number of likely N-dealkylation sites (N-methyl/N-ethyl adjacent to an activating group) is 1. The zero-order chi connectivity index (χ0) is 16.3. The molecule has 1 aliphatic rings. The first-order valence-electron chi connectivity index (χ1n) is 7.49. The number of rotatable bonds is 4. The SMILES string of the molecule is CC(c1cc(F)ccc1F)N(C)CC(=O)N1CCC(O)CC1. The first kappa shape index (κ1) is 16.8. The third kappa shape index (κ3) is 4.01. The Balaban J connectivity index is 1.97. The van der Waals surface area contributed by atoms with E-state index in [2.05, 4.69) is 0 Å². The summed E-state index contributed by atoms with van der Waals surface area (Å²) in [5, 5.41) is 9.46. The van der Waals surface area contributed by atoms with E-state index in [1.165, 1.54) is 0 Å². The normalized spacial score (nSPS) is 17.8. The van der Waals surface area contributed by atoms with Gasteiger partial charge in [-0.2, -0.15) is 0 Å². The van der Waals surface area contributed by atoms with E-state index in [0.717, 1.165) is 18.2 Å². The first-order valence-corrected chi connectivity index (χ1v) is 7.49. The van der Waals surface area contributed by atoms with Crippen molar-refractivity contribution in [2.24, 2.45) is 0 Å². The van der Waals surface area contributed by atoms with Crippen LogP contribution in [0.2, 0.25) is 0 Å². The van der Waals surface area contributed by atoms with Crippen molar-refractivity contribution in [2.75, 3.05) is 26.7 Å². The van der Waals surface area contributed by atoms with Gasteiger partial charge in [-0.05, 0) is 45.0 Å². The van der Waals surface area contributed by atoms with Crippen LogP contribution in [0.15, 0.2) is 18.2 Å². The summed E-state index contributed by atoms with van der Waals surface area (Å²) in [5.41, 5.74) is 0.240. The largest absolute Gasteiger partial charge is 0.393 e. The number of carbonyl (C=O) groups is 1. The number of piperidine rings is 1. The third-order valence-corrected chi connectivity index (χ3v) is 4.27. The van der Waals surface area contributed by atoms with Crippen LogP contribution >= 0.6 is 0 Å². The molecule has 122 valence electrons. The maximum atomic E-state index is 13.8. The van der Waals surface area contributed by atoms with Gasteiger partial charge in [0.15, 0.2) is 0 Å². The molecule has 2 rings (SSSR count). The van der Waals surface area contributed by atoms with Crippen molar-refractivity contribution in [1.29, 1.82) is 0 Å². The molecule has 22 heavy (non-hydrogen) atoms. The Morgan fingerprint density at radius 2 is 2.05 bits per heavy atom. The van der Waals surface area contributed by atoms with Gasteiger partial charge in [-0.3, -0.25) is 9.69 Å². The van der Waals surface area contributed by atoms with E-state index in [-0.39, 0.29) is 24.1 Å². The van der Waals surface area contributed by atoms with Crippen LogP contribution in [0.5, 0.6) is 0 Å². The van der Waals surface area contributed by atoms with E-state index < -0.39 is 17.7 Å². The molecule has 0 aromatic heterocycles. The highest BCUT2D eigenvalue weighted by molar-refractivity contribution is 5.78. The minimum atomic E-state index is -0.493. The fraction of sp³-hybridized carbons (Fsp3) is 0.562. The molecule has 1 saturated heterocycles. The van der Waals surface area contributed by atoms with Crippen molar-refractivity contribution < 1.29 is 18.7 Å². The fourth-order valence-corrected chi connectivity index (χ4v) is 2.64. The monoisotopic (exact) mass is 312 g/mol. The number of halogens is 2. The highest BCUT2D eigenvalue weighted by Gasteiger charge is 2.24. The van der Waals surface area contributed by atoms with E-state index in [1.54, 1.807) is 23.8 Å². The zero-order valence-corrected chi connectivity index (χ0v) is 12.9. The van der Waals surface area contributed by atoms with Crippen LogP contribution in [0.1, 0.15) is 31.4 Å². The second kappa shape index (κ2) is 7.15. The number of hydrogen-bond donors (Lipinski definition) is 1. The predicted octanol–water partition coefficient (Wildman–Crippen LogP) is 1.94. The van der Waals surface area contributed by atoms with Crippen LogP contribution in [0.3, 0.4) is 0 Å². The molecule has 1 heterocycles. The molecule has 1 unspecified atom stereocenters. The maximum absolute atomic E-state index is 13.8. The number of hydrogen-bond acceptors (Lipinski definition) is 3. The molecule has 0 aliphatic carbocycles. The third-order valence-electron chi connectivity index (χ3n) is 4.27. The van der Waals surface area contributed by atoms with Crippen LogP contribution in [-0.4, -0.2) is 53.6 Å². The maximum Gasteiger partial charge on any atom is 0.236 e. The standard InChI is InChI=1S/C16H22F2N2O2/c1-11(14-9-12(17)3-4-15(14)18)19(2)10-16(22)20-7-5-13(21)6-8-20/h3-4,9,11,13,21H,5-8,10H2,1-2H3. The van der Waals surface area contributed by atoms with Gasteiger partial charge in [0, 0.05) is 24.7 Å². The summed E-state index contributed by atoms with van der Waals surface area (Å²) in [6.45, 7) is 2.95. The molecular weight excluding hydrogens is 290 g/mol. The number of amides is 1. The lowest BCUT2D eigenvalue weighted by molar-refractivity contribution is -0.134. The topological polar surface area (TPSA) is 43.8 Å². The lowest BCUT2D eigenvalue weighted by atomic mass is 10.1. The van der Waals surface area contributed by atoms with Crippen molar-refractivity contribution in [3.8, 4) is 0 Å². The van der Waals surface area contributed by atoms with Crippen LogP contribution < -0.4 is 0 Å². The summed E-state index contributed by atoms with van der Waals surface area (Å²) in [6.07, 6.45) is 0.842. The number of nitrogens with zero attached hydrogens (tertiary/aromatic N) is 2. The van der Waals surface area contributed by atoms with Crippen molar-refractivity contribution in [2.45, 2.75) is 31.9 Å². The summed E-state index contributed by atoms with van der Waals surface area (Å²) in [4.78, 5) is 15.6. The Morgan fingerprint density at radius 1 is 1.41 bits per heavy atom. The molecule has 1 aromatic carbocycles. The fourth-order valence-electron chi connectivity index (χ4n) is 2.64.